The number of hydrogen-bond acceptors (Lipinski definition) is 5. The number of carbonyl (C=O) groups excluding carboxylic acids is 1. The number of fused-ring (bicyclic) bond motifs is 1. The maximum atomic E-state index is 12.7. The monoisotopic (exact) mass is 360 g/mol. The molecule has 0 atom stereocenters. The third-order valence-corrected chi connectivity index (χ3v) is 6.35. The highest BCUT2D eigenvalue weighted by Crippen LogP contribution is 2.40. The van der Waals surface area contributed by atoms with E-state index in [-0.39, 0.29) is 5.91 Å². The second kappa shape index (κ2) is 6.80. The van der Waals surface area contributed by atoms with Crippen molar-refractivity contribution in [3.8, 4) is 0 Å². The molecule has 1 aliphatic carbocycles. The van der Waals surface area contributed by atoms with Crippen LogP contribution in [-0.4, -0.2) is 38.7 Å². The SMILES string of the molecule is CCn1c(SCC(=O)N2CCSc3ccccc32)nnc1C1CC1. The average molecular weight is 361 g/mol. The van der Waals surface area contributed by atoms with E-state index >= 15 is 0 Å². The first-order chi connectivity index (χ1) is 11.8. The first kappa shape index (κ1) is 16.0. The number of benzene rings is 1. The average Bonchev–Trinajstić information content (AvgIpc) is 3.39. The van der Waals surface area contributed by atoms with Crippen LogP contribution in [0.4, 0.5) is 5.69 Å². The van der Waals surface area contributed by atoms with Crippen molar-refractivity contribution in [1.82, 2.24) is 14.8 Å². The quantitative estimate of drug-likeness (QED) is 0.765. The topological polar surface area (TPSA) is 51.0 Å². The van der Waals surface area contributed by atoms with E-state index in [1.165, 1.54) is 29.5 Å². The number of rotatable bonds is 5. The van der Waals surface area contributed by atoms with Gasteiger partial charge in [0.1, 0.15) is 5.82 Å². The Balaban J connectivity index is 1.46. The lowest BCUT2D eigenvalue weighted by Crippen LogP contribution is -2.36. The van der Waals surface area contributed by atoms with Crippen molar-refractivity contribution in [3.63, 3.8) is 0 Å². The van der Waals surface area contributed by atoms with Gasteiger partial charge in [-0.05, 0) is 31.9 Å². The lowest BCUT2D eigenvalue weighted by Gasteiger charge is -2.28. The van der Waals surface area contributed by atoms with Crippen LogP contribution < -0.4 is 4.90 Å². The fourth-order valence-corrected chi connectivity index (χ4v) is 4.86. The zero-order chi connectivity index (χ0) is 16.5. The van der Waals surface area contributed by atoms with E-state index in [0.29, 0.717) is 11.7 Å². The largest absolute Gasteiger partial charge is 0.310 e. The fourth-order valence-electron chi connectivity index (χ4n) is 2.98. The van der Waals surface area contributed by atoms with Crippen LogP contribution in [0.15, 0.2) is 34.3 Å². The van der Waals surface area contributed by atoms with Crippen molar-refractivity contribution in [2.45, 2.75) is 42.3 Å². The first-order valence-electron chi connectivity index (χ1n) is 8.36. The summed E-state index contributed by atoms with van der Waals surface area (Å²) in [6.07, 6.45) is 2.42. The molecule has 2 aromatic rings. The molecular weight excluding hydrogens is 340 g/mol. The summed E-state index contributed by atoms with van der Waals surface area (Å²) in [5.74, 6) is 3.17. The van der Waals surface area contributed by atoms with E-state index < -0.39 is 0 Å². The Morgan fingerprint density at radius 3 is 2.96 bits per heavy atom. The van der Waals surface area contributed by atoms with E-state index in [0.717, 1.165) is 35.5 Å². The third-order valence-electron chi connectivity index (χ3n) is 4.36. The minimum atomic E-state index is 0.145. The number of hydrogen-bond donors (Lipinski definition) is 0. The zero-order valence-corrected chi connectivity index (χ0v) is 15.3. The number of anilines is 1. The van der Waals surface area contributed by atoms with Crippen LogP contribution in [0.1, 0.15) is 31.5 Å². The molecule has 0 N–H and O–H groups in total. The van der Waals surface area contributed by atoms with Crippen LogP contribution in [0.3, 0.4) is 0 Å². The van der Waals surface area contributed by atoms with Crippen LogP contribution >= 0.6 is 23.5 Å². The molecule has 1 amide bonds. The van der Waals surface area contributed by atoms with Gasteiger partial charge in [-0.25, -0.2) is 0 Å². The summed E-state index contributed by atoms with van der Waals surface area (Å²) in [6.45, 7) is 3.74. The van der Waals surface area contributed by atoms with E-state index in [2.05, 4.69) is 27.8 Å². The highest BCUT2D eigenvalue weighted by molar-refractivity contribution is 8.00. The van der Waals surface area contributed by atoms with Gasteiger partial charge in [0.2, 0.25) is 5.91 Å². The van der Waals surface area contributed by atoms with Gasteiger partial charge in [0.05, 0.1) is 11.4 Å². The van der Waals surface area contributed by atoms with Gasteiger partial charge < -0.3 is 9.47 Å². The predicted octanol–water partition coefficient (Wildman–Crippen LogP) is 3.41. The van der Waals surface area contributed by atoms with Crippen LogP contribution in [0.5, 0.6) is 0 Å². The van der Waals surface area contributed by atoms with Crippen LogP contribution in [-0.2, 0) is 11.3 Å². The van der Waals surface area contributed by atoms with Crippen molar-refractivity contribution in [1.29, 1.82) is 0 Å². The molecule has 1 aromatic carbocycles. The van der Waals surface area contributed by atoms with E-state index in [4.69, 9.17) is 0 Å². The molecule has 4 rings (SSSR count). The summed E-state index contributed by atoms with van der Waals surface area (Å²) >= 11 is 3.32. The molecule has 2 aliphatic rings. The van der Waals surface area contributed by atoms with Gasteiger partial charge in [-0.3, -0.25) is 4.79 Å². The van der Waals surface area contributed by atoms with E-state index in [1.54, 1.807) is 0 Å². The maximum Gasteiger partial charge on any atom is 0.237 e. The summed E-state index contributed by atoms with van der Waals surface area (Å²) in [4.78, 5) is 15.8. The van der Waals surface area contributed by atoms with Gasteiger partial charge in [-0.2, -0.15) is 0 Å². The minimum Gasteiger partial charge on any atom is -0.310 e. The molecule has 24 heavy (non-hydrogen) atoms. The number of para-hydroxylation sites is 1. The number of aromatic nitrogens is 3. The highest BCUT2D eigenvalue weighted by atomic mass is 32.2. The second-order valence-corrected chi connectivity index (χ2v) is 8.09. The number of carbonyl (C=O) groups is 1. The van der Waals surface area contributed by atoms with Crippen molar-refractivity contribution >= 4 is 35.1 Å². The Morgan fingerprint density at radius 1 is 1.33 bits per heavy atom. The number of amides is 1. The maximum absolute atomic E-state index is 12.7. The standard InChI is InChI=1S/C17H20N4OS2/c1-2-20-16(12-7-8-12)18-19-17(20)24-11-15(22)21-9-10-23-14-6-4-3-5-13(14)21/h3-6,12H,2,7-11H2,1H3. The van der Waals surface area contributed by atoms with E-state index in [9.17, 15) is 4.79 Å². The molecule has 1 aromatic heterocycles. The molecule has 7 heteroatoms. The Hall–Kier alpha value is -1.47. The second-order valence-electron chi connectivity index (χ2n) is 6.01. The molecule has 1 aliphatic heterocycles. The Labute approximate surface area is 150 Å². The number of thioether (sulfide) groups is 2. The summed E-state index contributed by atoms with van der Waals surface area (Å²) in [7, 11) is 0. The predicted molar refractivity (Wildman–Crippen MR) is 97.9 cm³/mol. The third kappa shape index (κ3) is 3.07. The molecular formula is C17H20N4OS2. The van der Waals surface area contributed by atoms with Gasteiger partial charge in [0.15, 0.2) is 5.16 Å². The molecule has 5 nitrogen and oxygen atoms in total. The summed E-state index contributed by atoms with van der Waals surface area (Å²) in [5.41, 5.74) is 1.04. The van der Waals surface area contributed by atoms with Crippen LogP contribution in [0.25, 0.3) is 0 Å². The molecule has 0 unspecified atom stereocenters. The molecule has 0 spiro atoms. The van der Waals surface area contributed by atoms with Crippen molar-refractivity contribution < 1.29 is 4.79 Å². The minimum absolute atomic E-state index is 0.145. The summed E-state index contributed by atoms with van der Waals surface area (Å²) < 4.78 is 2.16. The van der Waals surface area contributed by atoms with Crippen LogP contribution in [0.2, 0.25) is 0 Å². The summed E-state index contributed by atoms with van der Waals surface area (Å²) in [5, 5.41) is 9.52. The molecule has 1 saturated carbocycles. The van der Waals surface area contributed by atoms with Gasteiger partial charge in [0.25, 0.3) is 0 Å². The molecule has 0 bridgehead atoms. The Morgan fingerprint density at radius 2 is 2.17 bits per heavy atom. The van der Waals surface area contributed by atoms with Crippen molar-refractivity contribution in [3.05, 3.63) is 30.1 Å². The zero-order valence-electron chi connectivity index (χ0n) is 13.6. The molecule has 126 valence electrons. The van der Waals surface area contributed by atoms with Gasteiger partial charge >= 0.3 is 0 Å². The van der Waals surface area contributed by atoms with Gasteiger partial charge in [0, 0.05) is 29.7 Å². The molecule has 0 saturated heterocycles. The Kier molecular flexibility index (Phi) is 4.54. The van der Waals surface area contributed by atoms with Crippen molar-refractivity contribution in [2.75, 3.05) is 23.0 Å². The lowest BCUT2D eigenvalue weighted by atomic mass is 10.3. The van der Waals surface area contributed by atoms with Crippen molar-refractivity contribution in [2.24, 2.45) is 0 Å². The molecule has 1 fully saturated rings. The van der Waals surface area contributed by atoms with Gasteiger partial charge in [-0.1, -0.05) is 23.9 Å². The summed E-state index contributed by atoms with van der Waals surface area (Å²) in [6, 6.07) is 8.14. The lowest BCUT2D eigenvalue weighted by molar-refractivity contribution is -0.116. The highest BCUT2D eigenvalue weighted by Gasteiger charge is 2.30. The van der Waals surface area contributed by atoms with E-state index in [1.807, 2.05) is 34.9 Å². The van der Waals surface area contributed by atoms with Gasteiger partial charge in [-0.15, -0.1) is 22.0 Å². The van der Waals surface area contributed by atoms with Crippen LogP contribution in [0, 0.1) is 0 Å². The Bertz CT molecular complexity index is 757. The number of nitrogens with zero attached hydrogens (tertiary/aromatic N) is 4. The first-order valence-corrected chi connectivity index (χ1v) is 10.3. The molecule has 0 radical (unpaired) electrons. The molecule has 2 heterocycles. The smallest absolute Gasteiger partial charge is 0.237 e. The fraction of sp³-hybridized carbons (Fsp3) is 0.471. The normalized spacial score (nSPS) is 17.0.